The molecule has 1 aliphatic heterocycles. The second-order valence-corrected chi connectivity index (χ2v) is 8.94. The molecule has 28 heavy (non-hydrogen) atoms. The molecule has 0 radical (unpaired) electrons. The molecule has 1 fully saturated rings. The van der Waals surface area contributed by atoms with Crippen LogP contribution in [0.25, 0.3) is 0 Å². The quantitative estimate of drug-likeness (QED) is 0.380. The SMILES string of the molecule is CCOC(=O)C/C=C/[C@@H](CCNC(=O)OC(C)(C)C)B1OC(C)(C)C(C)(C)O1. The maximum atomic E-state index is 11.9. The summed E-state index contributed by atoms with van der Waals surface area (Å²) < 4.78 is 22.5. The van der Waals surface area contributed by atoms with Crippen molar-refractivity contribution in [2.75, 3.05) is 13.2 Å². The Morgan fingerprint density at radius 2 is 1.71 bits per heavy atom. The van der Waals surface area contributed by atoms with Gasteiger partial charge >= 0.3 is 19.2 Å². The van der Waals surface area contributed by atoms with Gasteiger partial charge in [0.1, 0.15) is 5.60 Å². The van der Waals surface area contributed by atoms with Crippen LogP contribution in [0.5, 0.6) is 0 Å². The van der Waals surface area contributed by atoms with Gasteiger partial charge in [-0.3, -0.25) is 4.79 Å². The molecule has 0 spiro atoms. The number of ether oxygens (including phenoxy) is 2. The first kappa shape index (κ1) is 24.5. The highest BCUT2D eigenvalue weighted by Crippen LogP contribution is 2.41. The van der Waals surface area contributed by atoms with Crippen molar-refractivity contribution in [3.8, 4) is 0 Å². The Morgan fingerprint density at radius 1 is 1.14 bits per heavy atom. The minimum atomic E-state index is -0.547. The maximum absolute atomic E-state index is 11.9. The molecule has 1 N–H and O–H groups in total. The number of hydrogen-bond acceptors (Lipinski definition) is 6. The molecule has 1 amide bonds. The summed E-state index contributed by atoms with van der Waals surface area (Å²) >= 11 is 0. The lowest BCUT2D eigenvalue weighted by molar-refractivity contribution is -0.142. The smallest absolute Gasteiger partial charge is 0.465 e. The number of carbonyl (C=O) groups excluding carboxylic acids is 2. The summed E-state index contributed by atoms with van der Waals surface area (Å²) in [7, 11) is -0.469. The van der Waals surface area contributed by atoms with E-state index in [4.69, 9.17) is 18.8 Å². The molecule has 0 bridgehead atoms. The number of nitrogens with one attached hydrogen (secondary N) is 1. The number of esters is 1. The molecular formula is C20H36BNO6. The van der Waals surface area contributed by atoms with Crippen LogP contribution in [0.2, 0.25) is 5.82 Å². The van der Waals surface area contributed by atoms with Gasteiger partial charge in [0.15, 0.2) is 0 Å². The lowest BCUT2D eigenvalue weighted by atomic mass is 9.69. The van der Waals surface area contributed by atoms with Gasteiger partial charge in [-0.15, -0.1) is 0 Å². The van der Waals surface area contributed by atoms with Crippen molar-refractivity contribution in [1.29, 1.82) is 0 Å². The van der Waals surface area contributed by atoms with Crippen LogP contribution in [-0.4, -0.2) is 49.1 Å². The van der Waals surface area contributed by atoms with Crippen molar-refractivity contribution in [3.05, 3.63) is 12.2 Å². The molecule has 1 heterocycles. The predicted molar refractivity (Wildman–Crippen MR) is 109 cm³/mol. The van der Waals surface area contributed by atoms with Crippen molar-refractivity contribution in [2.24, 2.45) is 0 Å². The zero-order valence-electron chi connectivity index (χ0n) is 18.6. The van der Waals surface area contributed by atoms with Crippen molar-refractivity contribution in [2.45, 2.75) is 90.9 Å². The van der Waals surface area contributed by atoms with Gasteiger partial charge in [-0.25, -0.2) is 4.79 Å². The van der Waals surface area contributed by atoms with Gasteiger partial charge in [-0.1, -0.05) is 12.2 Å². The Hall–Kier alpha value is -1.54. The Balaban J connectivity index is 2.72. The van der Waals surface area contributed by atoms with Crippen LogP contribution in [0, 0.1) is 0 Å². The first-order valence-electron chi connectivity index (χ1n) is 9.92. The number of allylic oxidation sites excluding steroid dienone is 1. The Bertz CT molecular complexity index is 552. The van der Waals surface area contributed by atoms with Crippen LogP contribution in [0.4, 0.5) is 4.79 Å². The van der Waals surface area contributed by atoms with Gasteiger partial charge < -0.3 is 24.1 Å². The third-order valence-corrected chi connectivity index (χ3v) is 4.74. The molecule has 0 unspecified atom stereocenters. The van der Waals surface area contributed by atoms with E-state index in [1.807, 2.05) is 54.5 Å². The van der Waals surface area contributed by atoms with Crippen LogP contribution in [0.15, 0.2) is 12.2 Å². The molecule has 7 nitrogen and oxygen atoms in total. The highest BCUT2D eigenvalue weighted by atomic mass is 16.7. The van der Waals surface area contributed by atoms with Crippen LogP contribution < -0.4 is 5.32 Å². The monoisotopic (exact) mass is 397 g/mol. The molecule has 1 aliphatic rings. The van der Waals surface area contributed by atoms with Crippen molar-refractivity contribution in [1.82, 2.24) is 5.32 Å². The fourth-order valence-corrected chi connectivity index (χ4v) is 2.60. The van der Waals surface area contributed by atoms with E-state index in [-0.39, 0.29) is 18.2 Å². The molecule has 0 aliphatic carbocycles. The summed E-state index contributed by atoms with van der Waals surface area (Å²) in [4.78, 5) is 23.4. The van der Waals surface area contributed by atoms with E-state index in [1.54, 1.807) is 13.0 Å². The Morgan fingerprint density at radius 3 is 2.21 bits per heavy atom. The Kier molecular flexibility index (Phi) is 8.56. The molecule has 8 heteroatoms. The molecule has 0 aromatic carbocycles. The van der Waals surface area contributed by atoms with Gasteiger partial charge in [-0.2, -0.15) is 0 Å². The zero-order chi connectivity index (χ0) is 21.6. The minimum absolute atomic E-state index is 0.134. The summed E-state index contributed by atoms with van der Waals surface area (Å²) in [6, 6.07) is 0. The van der Waals surface area contributed by atoms with E-state index in [0.717, 1.165) is 0 Å². The summed E-state index contributed by atoms with van der Waals surface area (Å²) in [5.74, 6) is -0.413. The van der Waals surface area contributed by atoms with Crippen LogP contribution in [0.3, 0.4) is 0 Å². The summed E-state index contributed by atoms with van der Waals surface area (Å²) in [6.07, 6.45) is 3.96. The second-order valence-electron chi connectivity index (χ2n) is 8.94. The first-order chi connectivity index (χ1) is 12.8. The van der Waals surface area contributed by atoms with E-state index in [0.29, 0.717) is 19.6 Å². The average Bonchev–Trinajstić information content (AvgIpc) is 2.72. The number of rotatable bonds is 8. The number of alkyl carbamates (subject to hydrolysis) is 1. The molecule has 1 rings (SSSR count). The molecule has 1 saturated heterocycles. The zero-order valence-corrected chi connectivity index (χ0v) is 18.6. The summed E-state index contributed by atoms with van der Waals surface area (Å²) in [6.45, 7) is 15.9. The molecule has 0 aromatic heterocycles. The lowest BCUT2D eigenvalue weighted by Gasteiger charge is -2.32. The first-order valence-corrected chi connectivity index (χ1v) is 9.92. The molecular weight excluding hydrogens is 361 g/mol. The minimum Gasteiger partial charge on any atom is -0.466 e. The van der Waals surface area contributed by atoms with E-state index in [1.165, 1.54) is 0 Å². The largest absolute Gasteiger partial charge is 0.466 e. The molecule has 160 valence electrons. The van der Waals surface area contributed by atoms with Gasteiger partial charge in [-0.05, 0) is 61.8 Å². The third-order valence-electron chi connectivity index (χ3n) is 4.74. The third kappa shape index (κ3) is 7.83. The maximum Gasteiger partial charge on any atom is 0.465 e. The fraction of sp³-hybridized carbons (Fsp3) is 0.800. The summed E-state index contributed by atoms with van der Waals surface area (Å²) in [5, 5.41) is 2.76. The Labute approximate surface area is 169 Å². The van der Waals surface area contributed by atoms with Crippen molar-refractivity contribution < 1.29 is 28.4 Å². The van der Waals surface area contributed by atoms with E-state index in [9.17, 15) is 9.59 Å². The standard InChI is InChI=1S/C20H36BNO6/c1-9-25-16(23)12-10-11-15(13-14-22-17(24)26-18(2,3)4)21-27-19(5,6)20(7,8)28-21/h10-11,15H,9,12-14H2,1-8H3,(H,22,24)/b11-10+/t15-/m0/s1. The van der Waals surface area contributed by atoms with Gasteiger partial charge in [0.05, 0.1) is 24.2 Å². The number of hydrogen-bond donors (Lipinski definition) is 1. The fourth-order valence-electron chi connectivity index (χ4n) is 2.60. The van der Waals surface area contributed by atoms with E-state index in [2.05, 4.69) is 5.32 Å². The van der Waals surface area contributed by atoms with Gasteiger partial charge in [0.2, 0.25) is 0 Å². The molecule has 1 atom stereocenters. The van der Waals surface area contributed by atoms with Crippen LogP contribution in [0.1, 0.15) is 68.2 Å². The highest BCUT2D eigenvalue weighted by molar-refractivity contribution is 6.48. The summed E-state index contributed by atoms with van der Waals surface area (Å²) in [5.41, 5.74) is -1.46. The van der Waals surface area contributed by atoms with Crippen LogP contribution in [-0.2, 0) is 23.6 Å². The lowest BCUT2D eigenvalue weighted by Crippen LogP contribution is -2.41. The van der Waals surface area contributed by atoms with Crippen molar-refractivity contribution in [3.63, 3.8) is 0 Å². The van der Waals surface area contributed by atoms with Crippen LogP contribution >= 0.6 is 0 Å². The van der Waals surface area contributed by atoms with Gasteiger partial charge in [0.25, 0.3) is 0 Å². The van der Waals surface area contributed by atoms with E-state index >= 15 is 0 Å². The normalized spacial score (nSPS) is 19.5. The molecule has 0 aromatic rings. The van der Waals surface area contributed by atoms with Crippen molar-refractivity contribution >= 4 is 19.2 Å². The molecule has 0 saturated carbocycles. The van der Waals surface area contributed by atoms with Gasteiger partial charge in [0, 0.05) is 12.4 Å². The average molecular weight is 397 g/mol. The topological polar surface area (TPSA) is 83.1 Å². The number of carbonyl (C=O) groups is 2. The van der Waals surface area contributed by atoms with E-state index < -0.39 is 30.0 Å². The predicted octanol–water partition coefficient (Wildman–Crippen LogP) is 3.87. The second kappa shape index (κ2) is 9.79. The highest BCUT2D eigenvalue weighted by Gasteiger charge is 2.53. The number of amides is 1.